The Bertz CT molecular complexity index is 842. The van der Waals surface area contributed by atoms with Crippen molar-refractivity contribution in [2.75, 3.05) is 11.9 Å². The molecule has 0 fully saturated rings. The van der Waals surface area contributed by atoms with Crippen LogP contribution in [0.15, 0.2) is 60.9 Å². The summed E-state index contributed by atoms with van der Waals surface area (Å²) in [4.78, 5) is 12.3. The minimum absolute atomic E-state index is 0.186. The van der Waals surface area contributed by atoms with Crippen LogP contribution in [0.5, 0.6) is 5.75 Å². The second kappa shape index (κ2) is 7.85. The maximum Gasteiger partial charge on any atom is 0.255 e. The van der Waals surface area contributed by atoms with Gasteiger partial charge in [-0.1, -0.05) is 23.7 Å². The highest BCUT2D eigenvalue weighted by Gasteiger charge is 2.08. The molecule has 2 aromatic carbocycles. The van der Waals surface area contributed by atoms with E-state index in [4.69, 9.17) is 16.3 Å². The van der Waals surface area contributed by atoms with Crippen LogP contribution in [0.2, 0.25) is 5.02 Å². The fraction of sp³-hybridized carbons (Fsp3) is 0.158. The summed E-state index contributed by atoms with van der Waals surface area (Å²) >= 11 is 5.88. The lowest BCUT2D eigenvalue weighted by molar-refractivity contribution is 0.102. The number of anilines is 1. The fourth-order valence-corrected chi connectivity index (χ4v) is 2.49. The Morgan fingerprint density at radius 3 is 2.56 bits per heavy atom. The Labute approximate surface area is 151 Å². The zero-order chi connectivity index (χ0) is 17.6. The van der Waals surface area contributed by atoms with Crippen LogP contribution < -0.4 is 10.1 Å². The molecule has 1 N–H and O–H groups in total. The number of ether oxygens (including phenoxy) is 1. The smallest absolute Gasteiger partial charge is 0.255 e. The highest BCUT2D eigenvalue weighted by atomic mass is 35.5. The lowest BCUT2D eigenvalue weighted by Crippen LogP contribution is -2.11. The van der Waals surface area contributed by atoms with Gasteiger partial charge in [0.1, 0.15) is 5.75 Å². The van der Waals surface area contributed by atoms with Crippen molar-refractivity contribution < 1.29 is 9.53 Å². The van der Waals surface area contributed by atoms with Gasteiger partial charge in [0.05, 0.1) is 25.0 Å². The van der Waals surface area contributed by atoms with Crippen molar-refractivity contribution >= 4 is 23.2 Å². The van der Waals surface area contributed by atoms with Gasteiger partial charge in [0.2, 0.25) is 0 Å². The molecule has 0 aliphatic carbocycles. The van der Waals surface area contributed by atoms with Gasteiger partial charge in [-0.25, -0.2) is 0 Å². The van der Waals surface area contributed by atoms with E-state index in [1.165, 1.54) is 0 Å². The molecule has 1 aromatic heterocycles. The number of hydrogen-bond acceptors (Lipinski definition) is 3. The van der Waals surface area contributed by atoms with Crippen LogP contribution in [-0.2, 0) is 6.54 Å². The van der Waals surface area contributed by atoms with Crippen LogP contribution in [0.3, 0.4) is 0 Å². The van der Waals surface area contributed by atoms with Crippen molar-refractivity contribution in [2.24, 2.45) is 0 Å². The van der Waals surface area contributed by atoms with Crippen molar-refractivity contribution in [1.82, 2.24) is 9.78 Å². The van der Waals surface area contributed by atoms with E-state index in [1.54, 1.807) is 41.3 Å². The summed E-state index contributed by atoms with van der Waals surface area (Å²) in [6.45, 7) is 3.12. The summed E-state index contributed by atoms with van der Waals surface area (Å²) in [6, 6.07) is 14.6. The van der Waals surface area contributed by atoms with Gasteiger partial charge < -0.3 is 10.1 Å². The molecule has 0 saturated carbocycles. The number of carbonyl (C=O) groups excluding carboxylic acids is 1. The highest BCUT2D eigenvalue weighted by Crippen LogP contribution is 2.15. The summed E-state index contributed by atoms with van der Waals surface area (Å²) in [7, 11) is 0. The molecular weight excluding hydrogens is 338 g/mol. The summed E-state index contributed by atoms with van der Waals surface area (Å²) in [5.74, 6) is 0.559. The topological polar surface area (TPSA) is 56.1 Å². The first kappa shape index (κ1) is 17.0. The molecule has 0 spiro atoms. The van der Waals surface area contributed by atoms with Crippen LogP contribution in [0.25, 0.3) is 0 Å². The number of carbonyl (C=O) groups is 1. The first-order chi connectivity index (χ1) is 12.1. The van der Waals surface area contributed by atoms with E-state index in [2.05, 4.69) is 10.4 Å². The number of halogens is 1. The second-order valence-corrected chi connectivity index (χ2v) is 5.90. The van der Waals surface area contributed by atoms with E-state index in [0.717, 1.165) is 11.3 Å². The van der Waals surface area contributed by atoms with E-state index in [9.17, 15) is 4.79 Å². The number of benzene rings is 2. The van der Waals surface area contributed by atoms with Crippen LogP contribution >= 0.6 is 11.6 Å². The standard InChI is InChI=1S/C19H18ClN3O2/c1-2-25-18-9-5-15(6-10-18)19(24)22-17-11-21-23(13-17)12-14-3-7-16(20)8-4-14/h3-11,13H,2,12H2,1H3,(H,22,24). The van der Waals surface area contributed by atoms with Crippen molar-refractivity contribution in [3.8, 4) is 5.75 Å². The largest absolute Gasteiger partial charge is 0.494 e. The number of rotatable bonds is 6. The van der Waals surface area contributed by atoms with Crippen LogP contribution in [0.4, 0.5) is 5.69 Å². The fourth-order valence-electron chi connectivity index (χ4n) is 2.36. The zero-order valence-corrected chi connectivity index (χ0v) is 14.5. The van der Waals surface area contributed by atoms with Crippen molar-refractivity contribution in [3.05, 3.63) is 77.1 Å². The number of nitrogens with zero attached hydrogens (tertiary/aromatic N) is 2. The molecule has 0 bridgehead atoms. The third kappa shape index (κ3) is 4.61. The van der Waals surface area contributed by atoms with Crippen molar-refractivity contribution in [3.63, 3.8) is 0 Å². The first-order valence-corrected chi connectivity index (χ1v) is 8.33. The Hall–Kier alpha value is -2.79. The van der Waals surface area contributed by atoms with Gasteiger partial charge in [0.25, 0.3) is 5.91 Å². The van der Waals surface area contributed by atoms with Gasteiger partial charge in [-0.3, -0.25) is 9.48 Å². The minimum atomic E-state index is -0.186. The maximum atomic E-state index is 12.3. The minimum Gasteiger partial charge on any atom is -0.494 e. The molecule has 1 amide bonds. The van der Waals surface area contributed by atoms with E-state index >= 15 is 0 Å². The molecule has 25 heavy (non-hydrogen) atoms. The zero-order valence-electron chi connectivity index (χ0n) is 13.8. The SMILES string of the molecule is CCOc1ccc(C(=O)Nc2cnn(Cc3ccc(Cl)cc3)c2)cc1. The second-order valence-electron chi connectivity index (χ2n) is 5.46. The van der Waals surface area contributed by atoms with Crippen molar-refractivity contribution in [1.29, 1.82) is 0 Å². The molecule has 0 atom stereocenters. The number of nitrogens with one attached hydrogen (secondary N) is 1. The summed E-state index contributed by atoms with van der Waals surface area (Å²) in [5.41, 5.74) is 2.29. The number of aromatic nitrogens is 2. The van der Waals surface area contributed by atoms with E-state index in [-0.39, 0.29) is 5.91 Å². The summed E-state index contributed by atoms with van der Waals surface area (Å²) in [5, 5.41) is 7.81. The molecule has 5 nitrogen and oxygen atoms in total. The Kier molecular flexibility index (Phi) is 5.36. The van der Waals surface area contributed by atoms with Gasteiger partial charge in [-0.05, 0) is 48.9 Å². The Balaban J connectivity index is 1.62. The molecule has 128 valence electrons. The molecule has 0 saturated heterocycles. The van der Waals surface area contributed by atoms with Gasteiger partial charge in [0.15, 0.2) is 0 Å². The van der Waals surface area contributed by atoms with Gasteiger partial charge in [-0.2, -0.15) is 5.10 Å². The third-order valence-corrected chi connectivity index (χ3v) is 3.83. The van der Waals surface area contributed by atoms with Crippen LogP contribution in [0, 0.1) is 0 Å². The predicted molar refractivity (Wildman–Crippen MR) is 98.3 cm³/mol. The monoisotopic (exact) mass is 355 g/mol. The molecule has 0 aliphatic rings. The lowest BCUT2D eigenvalue weighted by atomic mass is 10.2. The van der Waals surface area contributed by atoms with Crippen molar-refractivity contribution in [2.45, 2.75) is 13.5 Å². The number of amides is 1. The average Bonchev–Trinajstić information content (AvgIpc) is 3.05. The highest BCUT2D eigenvalue weighted by molar-refractivity contribution is 6.30. The van der Waals surface area contributed by atoms with E-state index in [1.807, 2.05) is 31.2 Å². The van der Waals surface area contributed by atoms with Gasteiger partial charge in [-0.15, -0.1) is 0 Å². The molecule has 6 heteroatoms. The third-order valence-electron chi connectivity index (χ3n) is 3.58. The first-order valence-electron chi connectivity index (χ1n) is 7.95. The lowest BCUT2D eigenvalue weighted by Gasteiger charge is -2.05. The van der Waals surface area contributed by atoms with Crippen LogP contribution in [-0.4, -0.2) is 22.3 Å². The normalized spacial score (nSPS) is 10.5. The van der Waals surface area contributed by atoms with E-state index < -0.39 is 0 Å². The molecule has 3 rings (SSSR count). The Morgan fingerprint density at radius 1 is 1.16 bits per heavy atom. The predicted octanol–water partition coefficient (Wildman–Crippen LogP) is 4.24. The summed E-state index contributed by atoms with van der Waals surface area (Å²) < 4.78 is 7.13. The molecule has 0 radical (unpaired) electrons. The maximum absolute atomic E-state index is 12.3. The molecular formula is C19H18ClN3O2. The summed E-state index contributed by atoms with van der Waals surface area (Å²) in [6.07, 6.45) is 3.42. The molecule has 1 heterocycles. The van der Waals surface area contributed by atoms with Gasteiger partial charge >= 0.3 is 0 Å². The van der Waals surface area contributed by atoms with E-state index in [0.29, 0.717) is 29.4 Å². The Morgan fingerprint density at radius 2 is 1.88 bits per heavy atom. The molecule has 0 aliphatic heterocycles. The molecule has 0 unspecified atom stereocenters. The average molecular weight is 356 g/mol. The van der Waals surface area contributed by atoms with Gasteiger partial charge in [0, 0.05) is 16.8 Å². The quantitative estimate of drug-likeness (QED) is 0.719. The molecule has 3 aromatic rings. The number of hydrogen-bond donors (Lipinski definition) is 1. The van der Waals surface area contributed by atoms with Crippen LogP contribution in [0.1, 0.15) is 22.8 Å².